The molecular formula is C61H65N12O11+. The maximum absolute atomic E-state index is 13.7. The number of aromatic hydroxyl groups is 1. The van der Waals surface area contributed by atoms with Gasteiger partial charge in [-0.05, 0) is 102 Å². The molecule has 4 aromatic carbocycles. The van der Waals surface area contributed by atoms with E-state index in [0.29, 0.717) is 84.2 Å². The van der Waals surface area contributed by atoms with E-state index in [1.807, 2.05) is 42.4 Å². The summed E-state index contributed by atoms with van der Waals surface area (Å²) in [6.07, 6.45) is 7.79. The Morgan fingerprint density at radius 2 is 1.68 bits per heavy atom. The van der Waals surface area contributed by atoms with E-state index in [1.165, 1.54) is 44.5 Å². The Balaban J connectivity index is 0.643. The molecular weight excluding hydrogens is 1080 g/mol. The predicted molar refractivity (Wildman–Crippen MR) is 308 cm³/mol. The zero-order valence-electron chi connectivity index (χ0n) is 47.4. The van der Waals surface area contributed by atoms with Crippen molar-refractivity contribution in [3.05, 3.63) is 114 Å². The number of hydrogen-bond acceptors (Lipinski definition) is 17. The highest BCUT2D eigenvalue weighted by Crippen LogP contribution is 2.42. The number of unbranched alkanes of at least 4 members (excludes halogenated alkanes) is 2. The first-order valence-corrected chi connectivity index (χ1v) is 27.8. The highest BCUT2D eigenvalue weighted by molar-refractivity contribution is 5.98. The van der Waals surface area contributed by atoms with Crippen molar-refractivity contribution in [3.8, 4) is 46.1 Å². The number of nitrogens with one attached hydrogen (secondary N) is 1. The summed E-state index contributed by atoms with van der Waals surface area (Å²) in [4.78, 5) is 81.2. The first kappa shape index (κ1) is 57.4. The average Bonchev–Trinajstić information content (AvgIpc) is 3.81. The van der Waals surface area contributed by atoms with Gasteiger partial charge in [0.2, 0.25) is 18.4 Å². The van der Waals surface area contributed by atoms with Gasteiger partial charge in [-0.1, -0.05) is 25.5 Å². The number of pyridine rings is 1. The van der Waals surface area contributed by atoms with E-state index in [1.54, 1.807) is 68.7 Å². The van der Waals surface area contributed by atoms with Crippen molar-refractivity contribution in [2.75, 3.05) is 72.7 Å². The summed E-state index contributed by atoms with van der Waals surface area (Å²) in [6, 6.07) is 24.5. The highest BCUT2D eigenvalue weighted by Gasteiger charge is 2.34. The lowest BCUT2D eigenvalue weighted by molar-refractivity contribution is -0.686. The van der Waals surface area contributed by atoms with E-state index in [9.17, 15) is 29.1 Å². The van der Waals surface area contributed by atoms with Gasteiger partial charge in [0.05, 0.1) is 52.5 Å². The van der Waals surface area contributed by atoms with Crippen LogP contribution in [0, 0.1) is 17.2 Å². The van der Waals surface area contributed by atoms with Crippen LogP contribution in [0.1, 0.15) is 66.9 Å². The molecule has 0 radical (unpaired) electrons. The van der Waals surface area contributed by atoms with Crippen molar-refractivity contribution in [2.45, 2.75) is 71.1 Å². The fourth-order valence-corrected chi connectivity index (χ4v) is 10.7. The van der Waals surface area contributed by atoms with Gasteiger partial charge in [-0.2, -0.15) is 20.1 Å². The molecule has 10 rings (SSSR count). The first-order chi connectivity index (χ1) is 40.7. The Labute approximate surface area is 484 Å². The molecule has 1 saturated heterocycles. The predicted octanol–water partition coefficient (Wildman–Crippen LogP) is 8.60. The van der Waals surface area contributed by atoms with Crippen LogP contribution in [-0.4, -0.2) is 138 Å². The van der Waals surface area contributed by atoms with E-state index in [-0.39, 0.29) is 74.5 Å². The quantitative estimate of drug-likeness (QED) is 0.0252. The molecule has 84 heavy (non-hydrogen) atoms. The number of fused-ring (bicyclic) bond motifs is 6. The fraction of sp³-hybridized carbons (Fsp3) is 0.361. The lowest BCUT2D eigenvalue weighted by Gasteiger charge is -2.42. The standard InChI is InChI=1S/C61H64N12O11/c1-38-19-24-72(54(75)18-22-62)34-49(38)70(4)57-44-21-26-73(58(44)65-36-64-57)60(78)68(2)27-28-69(3)61(79)81-35-39-10-13-42(14-11-39)66-67-43-15-16-50(74)46(31-43)59(77)63-23-8-6-7-9-55(76)84-56-47-33-71-25-20-41-30-52-53(83-37-82-52)32-45(41)48(71)29-40(47)12-17-51(56)80-5/h10-17,21,26,29-33,36,38,49H,6-9,18-20,23-25,27-28,34-35,37H2,1-5H3,(H-,63,66,74,77)/p+1/t38-,49+/m0/s1. The van der Waals surface area contributed by atoms with Crippen LogP contribution in [0.25, 0.3) is 33.1 Å². The lowest BCUT2D eigenvalue weighted by Crippen LogP contribution is -2.52. The Morgan fingerprint density at radius 1 is 0.905 bits per heavy atom. The number of aryl methyl sites for hydroxylation is 2. The summed E-state index contributed by atoms with van der Waals surface area (Å²) >= 11 is 0. The second kappa shape index (κ2) is 25.5. The number of amides is 4. The van der Waals surface area contributed by atoms with Crippen molar-refractivity contribution < 1.29 is 57.3 Å². The summed E-state index contributed by atoms with van der Waals surface area (Å²) < 4.78 is 32.0. The van der Waals surface area contributed by atoms with Gasteiger partial charge in [-0.15, -0.1) is 0 Å². The molecule has 4 amide bonds. The number of carbonyl (C=O) groups excluding carboxylic acids is 5. The summed E-state index contributed by atoms with van der Waals surface area (Å²) in [5.41, 5.74) is 5.26. The summed E-state index contributed by atoms with van der Waals surface area (Å²) in [5, 5.41) is 33.3. The number of esters is 1. The van der Waals surface area contributed by atoms with Crippen LogP contribution in [0.5, 0.6) is 28.7 Å². The Hall–Kier alpha value is -9.85. The van der Waals surface area contributed by atoms with Gasteiger partial charge >= 0.3 is 18.1 Å². The monoisotopic (exact) mass is 1140 g/mol. The maximum Gasteiger partial charge on any atom is 0.409 e. The third-order valence-corrected chi connectivity index (χ3v) is 15.6. The minimum Gasteiger partial charge on any atom is -0.507 e. The number of anilines is 1. The number of phenolic OH excluding ortho intramolecular Hbond substituents is 1. The molecule has 0 bridgehead atoms. The largest absolute Gasteiger partial charge is 0.507 e. The molecule has 0 unspecified atom stereocenters. The molecule has 23 nitrogen and oxygen atoms in total. The number of piperidine rings is 1. The highest BCUT2D eigenvalue weighted by atomic mass is 16.7. The number of carbonyl (C=O) groups is 5. The van der Waals surface area contributed by atoms with Crippen LogP contribution in [0.15, 0.2) is 108 Å². The second-order valence-electron chi connectivity index (χ2n) is 21.1. The zero-order chi connectivity index (χ0) is 59.0. The van der Waals surface area contributed by atoms with E-state index >= 15 is 0 Å². The van der Waals surface area contributed by atoms with Gasteiger partial charge in [-0.3, -0.25) is 19.0 Å². The van der Waals surface area contributed by atoms with Crippen molar-refractivity contribution in [3.63, 3.8) is 0 Å². The van der Waals surface area contributed by atoms with Gasteiger partial charge in [0.1, 0.15) is 30.9 Å². The third kappa shape index (κ3) is 12.6. The van der Waals surface area contributed by atoms with Crippen LogP contribution in [0.4, 0.5) is 26.8 Å². The van der Waals surface area contributed by atoms with Crippen molar-refractivity contribution in [2.24, 2.45) is 16.1 Å². The number of nitriles is 1. The van der Waals surface area contributed by atoms with Crippen molar-refractivity contribution >= 4 is 68.9 Å². The molecule has 3 aromatic heterocycles. The number of hydrogen-bond donors (Lipinski definition) is 2. The summed E-state index contributed by atoms with van der Waals surface area (Å²) in [5.74, 6) is 1.87. The van der Waals surface area contributed by atoms with Crippen molar-refractivity contribution in [1.82, 2.24) is 34.6 Å². The number of ether oxygens (including phenoxy) is 5. The van der Waals surface area contributed by atoms with Gasteiger partial charge in [0.25, 0.3) is 5.91 Å². The minimum absolute atomic E-state index is 0.0211. The van der Waals surface area contributed by atoms with Gasteiger partial charge < -0.3 is 53.7 Å². The van der Waals surface area contributed by atoms with E-state index in [4.69, 9.17) is 28.9 Å². The molecule has 0 saturated carbocycles. The van der Waals surface area contributed by atoms with Crippen LogP contribution in [-0.2, 0) is 33.9 Å². The molecule has 0 spiro atoms. The van der Waals surface area contributed by atoms with Gasteiger partial charge in [0.15, 0.2) is 41.4 Å². The smallest absolute Gasteiger partial charge is 0.409 e. The fourth-order valence-electron chi connectivity index (χ4n) is 10.7. The molecule has 2 atom stereocenters. The van der Waals surface area contributed by atoms with Crippen LogP contribution >= 0.6 is 0 Å². The van der Waals surface area contributed by atoms with E-state index < -0.39 is 18.0 Å². The number of likely N-dealkylation sites (tertiary alicyclic amines) is 1. The number of benzene rings is 4. The van der Waals surface area contributed by atoms with E-state index in [0.717, 1.165) is 52.9 Å². The van der Waals surface area contributed by atoms with Gasteiger partial charge in [-0.25, -0.2) is 19.6 Å². The molecule has 6 heterocycles. The number of nitrogens with zero attached hydrogens (tertiary/aromatic N) is 11. The molecule has 0 aliphatic carbocycles. The van der Waals surface area contributed by atoms with Gasteiger partial charge in [0, 0.05) is 79.0 Å². The molecule has 23 heteroatoms. The van der Waals surface area contributed by atoms with Crippen molar-refractivity contribution in [1.29, 1.82) is 5.26 Å². The molecule has 7 aromatic rings. The minimum atomic E-state index is -0.582. The molecule has 1 fully saturated rings. The normalized spacial score (nSPS) is 15.0. The second-order valence-corrected chi connectivity index (χ2v) is 21.1. The topological polar surface area (TPSA) is 260 Å². The van der Waals surface area contributed by atoms with Crippen LogP contribution < -0.4 is 33.7 Å². The number of methoxy groups -OCH3 is 1. The number of phenols is 1. The van der Waals surface area contributed by atoms with E-state index in [2.05, 4.69) is 43.1 Å². The number of azo groups is 1. The number of aromatic nitrogens is 4. The SMILES string of the molecule is COc1ccc2cc3[n+](cc2c1OC(=O)CCCCCNC(=O)c1cc(/N=N/c2ccc(COC(=O)N(C)CCN(C)C(=O)n4ccc5c(N(C)[C@@H]6CN(C(=O)CC#N)CC[C@@H]6C)ncnc54)cc2)ccc1O)CCc1cc2c(cc1-3)OCO2. The maximum atomic E-state index is 13.7. The Kier molecular flexibility index (Phi) is 17.4. The molecule has 434 valence electrons. The Bertz CT molecular complexity index is 3730. The van der Waals surface area contributed by atoms with Crippen LogP contribution in [0.2, 0.25) is 0 Å². The molecule has 3 aliphatic rings. The summed E-state index contributed by atoms with van der Waals surface area (Å²) in [6.45, 7) is 4.78. The number of rotatable bonds is 19. The average molecular weight is 1140 g/mol. The summed E-state index contributed by atoms with van der Waals surface area (Å²) in [7, 11) is 6.67. The lowest BCUT2D eigenvalue weighted by atomic mass is 9.92. The molecule has 2 N–H and O–H groups in total. The molecule has 3 aliphatic heterocycles. The first-order valence-electron chi connectivity index (χ1n) is 27.8. The third-order valence-electron chi connectivity index (χ3n) is 15.6. The zero-order valence-corrected chi connectivity index (χ0v) is 47.4. The van der Waals surface area contributed by atoms with Crippen LogP contribution in [0.3, 0.4) is 0 Å². The number of likely N-dealkylation sites (N-methyl/N-ethyl adjacent to an activating group) is 3. The Morgan fingerprint density at radius 3 is 2.48 bits per heavy atom.